The van der Waals surface area contributed by atoms with Gasteiger partial charge in [0.05, 0.1) is 5.69 Å². The third kappa shape index (κ3) is 2.61. The van der Waals surface area contributed by atoms with Crippen molar-refractivity contribution >= 4 is 11.0 Å². The van der Waals surface area contributed by atoms with E-state index >= 15 is 0 Å². The van der Waals surface area contributed by atoms with Gasteiger partial charge in [0, 0.05) is 23.3 Å². The second kappa shape index (κ2) is 6.29. The SMILES string of the molecule is Cc1ncnc2c1ccn2[C@@H]1O[C@H]([C@H](O)c2cccc(=O)[nH]2)[C@@H](O)[C@H]1O. The molecule has 0 spiro atoms. The first-order valence-corrected chi connectivity index (χ1v) is 8.14. The predicted molar refractivity (Wildman–Crippen MR) is 90.2 cm³/mol. The molecule has 1 aliphatic heterocycles. The maximum absolute atomic E-state index is 11.4. The quantitative estimate of drug-likeness (QED) is 0.509. The van der Waals surface area contributed by atoms with Crippen LogP contribution in [0, 0.1) is 6.92 Å². The van der Waals surface area contributed by atoms with Gasteiger partial charge in [0.15, 0.2) is 6.23 Å². The van der Waals surface area contributed by atoms with E-state index in [2.05, 4.69) is 15.0 Å². The van der Waals surface area contributed by atoms with Crippen molar-refractivity contribution in [1.29, 1.82) is 0 Å². The molecule has 5 atom stereocenters. The van der Waals surface area contributed by atoms with E-state index < -0.39 is 30.6 Å². The Balaban J connectivity index is 1.67. The highest BCUT2D eigenvalue weighted by atomic mass is 16.6. The van der Waals surface area contributed by atoms with Crippen LogP contribution in [0.5, 0.6) is 0 Å². The summed E-state index contributed by atoms with van der Waals surface area (Å²) in [6.45, 7) is 1.84. The molecular weight excluding hydrogens is 340 g/mol. The molecule has 0 radical (unpaired) electrons. The Morgan fingerprint density at radius 1 is 1.23 bits per heavy atom. The summed E-state index contributed by atoms with van der Waals surface area (Å²) in [5.74, 6) is 0. The molecule has 0 amide bonds. The Kier molecular flexibility index (Phi) is 4.08. The molecule has 3 aromatic heterocycles. The van der Waals surface area contributed by atoms with Crippen LogP contribution < -0.4 is 5.56 Å². The fraction of sp³-hybridized carbons (Fsp3) is 0.353. The van der Waals surface area contributed by atoms with Gasteiger partial charge in [0.25, 0.3) is 0 Å². The molecule has 1 saturated heterocycles. The van der Waals surface area contributed by atoms with Gasteiger partial charge >= 0.3 is 0 Å². The van der Waals surface area contributed by atoms with Crippen LogP contribution in [0.15, 0.2) is 41.6 Å². The summed E-state index contributed by atoms with van der Waals surface area (Å²) in [5.41, 5.74) is 1.15. The molecule has 1 fully saturated rings. The zero-order chi connectivity index (χ0) is 18.4. The van der Waals surface area contributed by atoms with Gasteiger partial charge < -0.3 is 29.6 Å². The minimum absolute atomic E-state index is 0.199. The first-order valence-electron chi connectivity index (χ1n) is 8.14. The van der Waals surface area contributed by atoms with Gasteiger partial charge in [-0.05, 0) is 19.1 Å². The highest BCUT2D eigenvalue weighted by Gasteiger charge is 2.47. The summed E-state index contributed by atoms with van der Waals surface area (Å²) < 4.78 is 7.36. The van der Waals surface area contributed by atoms with Crippen molar-refractivity contribution in [2.45, 2.75) is 37.6 Å². The lowest BCUT2D eigenvalue weighted by atomic mass is 10.0. The van der Waals surface area contributed by atoms with E-state index in [1.807, 2.05) is 6.92 Å². The standard InChI is InChI=1S/C17H18N4O5/c1-8-9-5-6-21(16(9)19-7-18-8)17-14(25)13(24)15(26-17)12(23)10-3-2-4-11(22)20-10/h2-7,12-15,17,23-25H,1H3,(H,20,22)/t12-,13+,14-,15-,17-/m1/s1. The molecule has 4 rings (SSSR count). The lowest BCUT2D eigenvalue weighted by Gasteiger charge is -2.21. The number of pyridine rings is 1. The molecule has 1 aliphatic rings. The lowest BCUT2D eigenvalue weighted by molar-refractivity contribution is -0.0860. The molecule has 0 saturated carbocycles. The number of fused-ring (bicyclic) bond motifs is 1. The van der Waals surface area contributed by atoms with E-state index in [-0.39, 0.29) is 11.3 Å². The number of nitrogens with one attached hydrogen (secondary N) is 1. The molecule has 0 aromatic carbocycles. The molecule has 136 valence electrons. The summed E-state index contributed by atoms with van der Waals surface area (Å²) in [5, 5.41) is 32.1. The number of hydrogen-bond donors (Lipinski definition) is 4. The Morgan fingerprint density at radius 2 is 2.04 bits per heavy atom. The average molecular weight is 358 g/mol. The maximum Gasteiger partial charge on any atom is 0.248 e. The van der Waals surface area contributed by atoms with Crippen molar-refractivity contribution in [3.05, 3.63) is 58.5 Å². The molecular formula is C17H18N4O5. The second-order valence-electron chi connectivity index (χ2n) is 6.31. The van der Waals surface area contributed by atoms with Crippen molar-refractivity contribution in [1.82, 2.24) is 19.5 Å². The van der Waals surface area contributed by atoms with Gasteiger partial charge in [0.1, 0.15) is 36.4 Å². The number of aromatic nitrogens is 4. The smallest absolute Gasteiger partial charge is 0.248 e. The number of nitrogens with zero attached hydrogens (tertiary/aromatic N) is 3. The Bertz CT molecular complexity index is 1000. The Morgan fingerprint density at radius 3 is 2.81 bits per heavy atom. The van der Waals surface area contributed by atoms with Crippen molar-refractivity contribution in [2.75, 3.05) is 0 Å². The van der Waals surface area contributed by atoms with Crippen molar-refractivity contribution < 1.29 is 20.1 Å². The summed E-state index contributed by atoms with van der Waals surface area (Å²) in [6, 6.07) is 6.12. The molecule has 9 heteroatoms. The highest BCUT2D eigenvalue weighted by Crippen LogP contribution is 2.36. The average Bonchev–Trinajstić information content (AvgIpc) is 3.18. The third-order valence-electron chi connectivity index (χ3n) is 4.68. The second-order valence-corrected chi connectivity index (χ2v) is 6.31. The molecule has 0 aliphatic carbocycles. The van der Waals surface area contributed by atoms with Crippen molar-refractivity contribution in [2.24, 2.45) is 0 Å². The first kappa shape index (κ1) is 16.9. The number of hydrogen-bond acceptors (Lipinski definition) is 7. The van der Waals surface area contributed by atoms with Crippen LogP contribution in [0.2, 0.25) is 0 Å². The molecule has 26 heavy (non-hydrogen) atoms. The largest absolute Gasteiger partial charge is 0.387 e. The van der Waals surface area contributed by atoms with Crippen LogP contribution in [-0.2, 0) is 4.74 Å². The van der Waals surface area contributed by atoms with Crippen molar-refractivity contribution in [3.63, 3.8) is 0 Å². The normalized spacial score (nSPS) is 27.1. The van der Waals surface area contributed by atoms with Gasteiger partial charge in [-0.1, -0.05) is 6.07 Å². The third-order valence-corrected chi connectivity index (χ3v) is 4.68. The molecule has 3 aromatic rings. The van der Waals surface area contributed by atoms with E-state index in [1.165, 1.54) is 24.5 Å². The monoisotopic (exact) mass is 358 g/mol. The molecule has 0 unspecified atom stereocenters. The highest BCUT2D eigenvalue weighted by molar-refractivity contribution is 5.78. The van der Waals surface area contributed by atoms with E-state index in [0.29, 0.717) is 5.65 Å². The van der Waals surface area contributed by atoms with Crippen LogP contribution in [0.3, 0.4) is 0 Å². The molecule has 4 heterocycles. The fourth-order valence-corrected chi connectivity index (χ4v) is 3.29. The van der Waals surface area contributed by atoms with Crippen LogP contribution in [0.1, 0.15) is 23.7 Å². The number of aliphatic hydroxyl groups excluding tert-OH is 3. The predicted octanol–water partition coefficient (Wildman–Crippen LogP) is -0.219. The Labute approximate surface area is 147 Å². The van der Waals surface area contributed by atoms with E-state index in [4.69, 9.17) is 4.74 Å². The summed E-state index contributed by atoms with van der Waals surface area (Å²) >= 11 is 0. The Hall–Kier alpha value is -2.59. The fourth-order valence-electron chi connectivity index (χ4n) is 3.29. The maximum atomic E-state index is 11.4. The number of aryl methyl sites for hydroxylation is 1. The van der Waals surface area contributed by atoms with E-state index in [9.17, 15) is 20.1 Å². The van der Waals surface area contributed by atoms with Crippen molar-refractivity contribution in [3.8, 4) is 0 Å². The number of aromatic amines is 1. The summed E-state index contributed by atoms with van der Waals surface area (Å²) in [4.78, 5) is 22.3. The van der Waals surface area contributed by atoms with Gasteiger partial charge in [-0.3, -0.25) is 4.79 Å². The van der Waals surface area contributed by atoms with Gasteiger partial charge in [0.2, 0.25) is 5.56 Å². The number of aliphatic hydroxyl groups is 3. The van der Waals surface area contributed by atoms with Gasteiger partial charge in [-0.2, -0.15) is 0 Å². The molecule has 0 bridgehead atoms. The zero-order valence-electron chi connectivity index (χ0n) is 13.9. The molecule has 4 N–H and O–H groups in total. The zero-order valence-corrected chi connectivity index (χ0v) is 13.9. The first-order chi connectivity index (χ1) is 12.5. The van der Waals surface area contributed by atoms with Gasteiger partial charge in [-0.15, -0.1) is 0 Å². The van der Waals surface area contributed by atoms with Gasteiger partial charge in [-0.25, -0.2) is 9.97 Å². The molecule has 9 nitrogen and oxygen atoms in total. The minimum Gasteiger partial charge on any atom is -0.387 e. The van der Waals surface area contributed by atoms with E-state index in [1.54, 1.807) is 16.8 Å². The van der Waals surface area contributed by atoms with E-state index in [0.717, 1.165) is 11.1 Å². The summed E-state index contributed by atoms with van der Waals surface area (Å²) in [7, 11) is 0. The topological polar surface area (TPSA) is 133 Å². The van der Waals surface area contributed by atoms with Crippen LogP contribution in [0.4, 0.5) is 0 Å². The van der Waals surface area contributed by atoms with Crippen LogP contribution in [-0.4, -0.2) is 53.2 Å². The number of ether oxygens (including phenoxy) is 1. The lowest BCUT2D eigenvalue weighted by Crippen LogP contribution is -2.35. The van der Waals surface area contributed by atoms with Crippen LogP contribution in [0.25, 0.3) is 11.0 Å². The number of H-pyrrole nitrogens is 1. The summed E-state index contributed by atoms with van der Waals surface area (Å²) in [6.07, 6.45) is -2.90. The minimum atomic E-state index is -1.35. The number of rotatable bonds is 3. The van der Waals surface area contributed by atoms with Crippen LogP contribution >= 0.6 is 0 Å².